The largest absolute Gasteiger partial charge is 0.417 e. The fourth-order valence-corrected chi connectivity index (χ4v) is 3.74. The Morgan fingerprint density at radius 3 is 2.09 bits per heavy atom. The number of hydrogen-bond donors (Lipinski definition) is 1. The van der Waals surface area contributed by atoms with E-state index in [4.69, 9.17) is 34.8 Å². The molecule has 178 valence electrons. The number of rotatable bonds is 5. The Kier molecular flexibility index (Phi) is 7.05. The van der Waals surface area contributed by atoms with Gasteiger partial charge in [0.05, 0.1) is 32.1 Å². The van der Waals surface area contributed by atoms with Gasteiger partial charge in [0.15, 0.2) is 0 Å². The number of alkyl halides is 6. The summed E-state index contributed by atoms with van der Waals surface area (Å²) in [5.41, 5.74) is -2.89. The lowest BCUT2D eigenvalue weighted by atomic mass is 9.96. The van der Waals surface area contributed by atoms with E-state index < -0.39 is 40.8 Å². The molecule has 1 aliphatic carbocycles. The van der Waals surface area contributed by atoms with Crippen molar-refractivity contribution in [2.75, 3.05) is 0 Å². The Morgan fingerprint density at radius 2 is 1.61 bits per heavy atom. The van der Waals surface area contributed by atoms with Crippen LogP contribution in [0, 0.1) is 0 Å². The minimum absolute atomic E-state index is 0.115. The summed E-state index contributed by atoms with van der Waals surface area (Å²) in [7, 11) is 0. The fourth-order valence-electron chi connectivity index (χ4n) is 3.12. The van der Waals surface area contributed by atoms with E-state index in [0.717, 1.165) is 30.3 Å². The standard InChI is InChI=1S/C22H16Cl3F6NO/c1-20(6-7-20)32-19(33)13-4-2-11(8-15(13)22(29,30)31)3-5-14(21(26,27)28)12-9-16(23)18(25)17(24)10-12/h2-5,8-10,14H,6-7H2,1H3,(H,32,33)/b5-3+. The predicted molar refractivity (Wildman–Crippen MR) is 116 cm³/mol. The van der Waals surface area contributed by atoms with Gasteiger partial charge < -0.3 is 5.32 Å². The maximum absolute atomic E-state index is 13.7. The van der Waals surface area contributed by atoms with Gasteiger partial charge >= 0.3 is 12.4 Å². The van der Waals surface area contributed by atoms with E-state index in [-0.39, 0.29) is 26.2 Å². The summed E-state index contributed by atoms with van der Waals surface area (Å²) < 4.78 is 81.8. The Balaban J connectivity index is 1.97. The minimum Gasteiger partial charge on any atom is -0.347 e. The summed E-state index contributed by atoms with van der Waals surface area (Å²) in [4.78, 5) is 12.3. The van der Waals surface area contributed by atoms with Crippen molar-refractivity contribution in [1.29, 1.82) is 0 Å². The summed E-state index contributed by atoms with van der Waals surface area (Å²) in [5.74, 6) is -3.10. The molecule has 0 aromatic heterocycles. The summed E-state index contributed by atoms with van der Waals surface area (Å²) in [5, 5.41) is 2.04. The van der Waals surface area contributed by atoms with E-state index >= 15 is 0 Å². The quantitative estimate of drug-likeness (QED) is 0.306. The highest BCUT2D eigenvalue weighted by atomic mass is 35.5. The van der Waals surface area contributed by atoms with Crippen molar-refractivity contribution in [1.82, 2.24) is 5.32 Å². The molecule has 1 amide bonds. The first-order chi connectivity index (χ1) is 15.1. The van der Waals surface area contributed by atoms with Crippen LogP contribution in [0.2, 0.25) is 15.1 Å². The number of hydrogen-bond acceptors (Lipinski definition) is 1. The molecule has 0 spiro atoms. The maximum atomic E-state index is 13.7. The number of carbonyl (C=O) groups excluding carboxylic acids is 1. The zero-order valence-corrected chi connectivity index (χ0v) is 19.1. The Bertz CT molecular complexity index is 1080. The first kappa shape index (κ1) is 25.7. The van der Waals surface area contributed by atoms with Crippen LogP contribution in [0.4, 0.5) is 26.3 Å². The van der Waals surface area contributed by atoms with Gasteiger partial charge in [-0.3, -0.25) is 4.79 Å². The molecule has 1 saturated carbocycles. The monoisotopic (exact) mass is 529 g/mol. The number of benzene rings is 2. The average molecular weight is 531 g/mol. The van der Waals surface area contributed by atoms with Gasteiger partial charge in [-0.15, -0.1) is 0 Å². The van der Waals surface area contributed by atoms with Gasteiger partial charge in [0.25, 0.3) is 5.91 Å². The summed E-state index contributed by atoms with van der Waals surface area (Å²) in [6.07, 6.45) is -6.79. The molecule has 0 bridgehead atoms. The van der Waals surface area contributed by atoms with Crippen molar-refractivity contribution < 1.29 is 31.1 Å². The molecule has 33 heavy (non-hydrogen) atoms. The van der Waals surface area contributed by atoms with E-state index in [2.05, 4.69) is 5.32 Å². The second-order valence-electron chi connectivity index (χ2n) is 7.99. The van der Waals surface area contributed by atoms with Crippen molar-refractivity contribution in [2.24, 2.45) is 0 Å². The van der Waals surface area contributed by atoms with Crippen LogP contribution >= 0.6 is 34.8 Å². The zero-order valence-electron chi connectivity index (χ0n) is 16.8. The van der Waals surface area contributed by atoms with Crippen molar-refractivity contribution in [2.45, 2.75) is 43.6 Å². The van der Waals surface area contributed by atoms with Crippen LogP contribution in [0.15, 0.2) is 36.4 Å². The summed E-state index contributed by atoms with van der Waals surface area (Å²) in [6, 6.07) is 4.71. The molecular formula is C22H16Cl3F6NO. The van der Waals surface area contributed by atoms with Crippen molar-refractivity contribution in [3.63, 3.8) is 0 Å². The normalized spacial score (nSPS) is 16.7. The van der Waals surface area contributed by atoms with Gasteiger partial charge in [0, 0.05) is 5.54 Å². The van der Waals surface area contributed by atoms with E-state index in [1.807, 2.05) is 0 Å². The third kappa shape index (κ3) is 6.16. The lowest BCUT2D eigenvalue weighted by Gasteiger charge is -2.19. The van der Waals surface area contributed by atoms with Gasteiger partial charge in [-0.05, 0) is 55.2 Å². The van der Waals surface area contributed by atoms with Crippen LogP contribution in [0.5, 0.6) is 0 Å². The third-order valence-electron chi connectivity index (χ3n) is 5.21. The zero-order chi connectivity index (χ0) is 24.8. The minimum atomic E-state index is -4.89. The predicted octanol–water partition coefficient (Wildman–Crippen LogP) is 8.31. The molecule has 1 unspecified atom stereocenters. The van der Waals surface area contributed by atoms with Crippen molar-refractivity contribution in [3.8, 4) is 0 Å². The Morgan fingerprint density at radius 1 is 1.03 bits per heavy atom. The van der Waals surface area contributed by atoms with E-state index in [1.54, 1.807) is 6.92 Å². The highest BCUT2D eigenvalue weighted by Crippen LogP contribution is 2.41. The lowest BCUT2D eigenvalue weighted by Crippen LogP contribution is -2.35. The van der Waals surface area contributed by atoms with E-state index in [1.165, 1.54) is 0 Å². The number of carbonyl (C=O) groups is 1. The number of halogens is 9. The molecule has 0 heterocycles. The van der Waals surface area contributed by atoms with Gasteiger partial charge in [0.2, 0.25) is 0 Å². The average Bonchev–Trinajstić information content (AvgIpc) is 3.40. The van der Waals surface area contributed by atoms with Crippen LogP contribution in [0.25, 0.3) is 6.08 Å². The van der Waals surface area contributed by atoms with Crippen molar-refractivity contribution >= 4 is 46.8 Å². The molecule has 3 rings (SSSR count). The highest BCUT2D eigenvalue weighted by Gasteiger charge is 2.42. The number of allylic oxidation sites excluding steroid dienone is 1. The van der Waals surface area contributed by atoms with Gasteiger partial charge in [-0.1, -0.05) is 53.0 Å². The first-order valence-corrected chi connectivity index (χ1v) is 10.7. The molecule has 2 aromatic rings. The first-order valence-electron chi connectivity index (χ1n) is 9.54. The van der Waals surface area contributed by atoms with Crippen LogP contribution in [0.3, 0.4) is 0 Å². The van der Waals surface area contributed by atoms with Crippen LogP contribution in [-0.2, 0) is 6.18 Å². The Labute approximate surface area is 200 Å². The SMILES string of the molecule is CC1(NC(=O)c2ccc(/C=C/C(c3cc(Cl)c(Cl)c(Cl)c3)C(F)(F)F)cc2C(F)(F)F)CC1. The summed E-state index contributed by atoms with van der Waals surface area (Å²) in [6.45, 7) is 1.71. The molecule has 1 N–H and O–H groups in total. The van der Waals surface area contributed by atoms with E-state index in [9.17, 15) is 31.1 Å². The summed E-state index contributed by atoms with van der Waals surface area (Å²) >= 11 is 17.4. The molecule has 1 atom stereocenters. The second kappa shape index (κ2) is 9.04. The molecule has 1 aliphatic rings. The number of nitrogens with one attached hydrogen (secondary N) is 1. The maximum Gasteiger partial charge on any atom is 0.417 e. The second-order valence-corrected chi connectivity index (χ2v) is 9.19. The topological polar surface area (TPSA) is 29.1 Å². The smallest absolute Gasteiger partial charge is 0.347 e. The fraction of sp³-hybridized carbons (Fsp3) is 0.318. The molecule has 0 saturated heterocycles. The molecular weight excluding hydrogens is 515 g/mol. The van der Waals surface area contributed by atoms with Gasteiger partial charge in [-0.2, -0.15) is 26.3 Å². The molecule has 0 radical (unpaired) electrons. The number of amides is 1. The van der Waals surface area contributed by atoms with Crippen LogP contribution < -0.4 is 5.32 Å². The van der Waals surface area contributed by atoms with Crippen LogP contribution in [-0.4, -0.2) is 17.6 Å². The molecule has 0 aliphatic heterocycles. The van der Waals surface area contributed by atoms with Gasteiger partial charge in [-0.25, -0.2) is 0 Å². The molecule has 1 fully saturated rings. The van der Waals surface area contributed by atoms with Crippen LogP contribution in [0.1, 0.15) is 52.7 Å². The van der Waals surface area contributed by atoms with E-state index in [0.29, 0.717) is 25.0 Å². The Hall–Kier alpha value is -1.90. The molecule has 2 aromatic carbocycles. The molecule has 11 heteroatoms. The van der Waals surface area contributed by atoms with Gasteiger partial charge in [0.1, 0.15) is 0 Å². The molecule has 2 nitrogen and oxygen atoms in total. The van der Waals surface area contributed by atoms with Crippen molar-refractivity contribution in [3.05, 3.63) is 73.7 Å². The lowest BCUT2D eigenvalue weighted by molar-refractivity contribution is -0.139. The highest BCUT2D eigenvalue weighted by molar-refractivity contribution is 6.48. The third-order valence-corrected chi connectivity index (χ3v) is 6.40.